The lowest BCUT2D eigenvalue weighted by Gasteiger charge is -2.14. The van der Waals surface area contributed by atoms with Gasteiger partial charge in [0.15, 0.2) is 15.6 Å². The maximum absolute atomic E-state index is 12.0. The van der Waals surface area contributed by atoms with Crippen molar-refractivity contribution in [2.75, 3.05) is 19.5 Å². The van der Waals surface area contributed by atoms with E-state index in [1.54, 1.807) is 13.8 Å². The van der Waals surface area contributed by atoms with Gasteiger partial charge in [-0.2, -0.15) is 0 Å². The fourth-order valence-electron chi connectivity index (χ4n) is 2.02. The molecule has 25 heavy (non-hydrogen) atoms. The molecule has 11 heteroatoms. The van der Waals surface area contributed by atoms with Gasteiger partial charge in [0, 0.05) is 6.26 Å². The standard InChI is InChI=1S/C14H17ClN4O5S/c1-4-23-14(20)10-5-6-11(25(3,21)22)13(12(10)15)24-8-7-19-9(2)16-17-18-19/h5-6H,4,7-8H2,1-3H3. The summed E-state index contributed by atoms with van der Waals surface area (Å²) in [4.78, 5) is 11.8. The number of esters is 1. The van der Waals surface area contributed by atoms with E-state index in [9.17, 15) is 13.2 Å². The Morgan fingerprint density at radius 2 is 2.08 bits per heavy atom. The number of sulfone groups is 1. The topological polar surface area (TPSA) is 113 Å². The highest BCUT2D eigenvalue weighted by Crippen LogP contribution is 2.35. The second kappa shape index (κ2) is 7.79. The maximum Gasteiger partial charge on any atom is 0.339 e. The molecular weight excluding hydrogens is 372 g/mol. The number of benzene rings is 1. The highest BCUT2D eigenvalue weighted by atomic mass is 35.5. The van der Waals surface area contributed by atoms with Crippen LogP contribution in [0, 0.1) is 6.92 Å². The van der Waals surface area contributed by atoms with Crippen LogP contribution < -0.4 is 4.74 Å². The Bertz CT molecular complexity index is 881. The summed E-state index contributed by atoms with van der Waals surface area (Å²) in [7, 11) is -3.61. The zero-order valence-electron chi connectivity index (χ0n) is 13.9. The molecule has 1 heterocycles. The van der Waals surface area contributed by atoms with Gasteiger partial charge in [-0.1, -0.05) is 11.6 Å². The molecule has 1 aromatic carbocycles. The highest BCUT2D eigenvalue weighted by molar-refractivity contribution is 7.90. The first-order valence-electron chi connectivity index (χ1n) is 7.31. The summed E-state index contributed by atoms with van der Waals surface area (Å²) in [5.41, 5.74) is 0.0320. The zero-order valence-corrected chi connectivity index (χ0v) is 15.5. The fraction of sp³-hybridized carbons (Fsp3) is 0.429. The molecule has 0 bridgehead atoms. The molecule has 1 aromatic heterocycles. The molecule has 2 rings (SSSR count). The summed E-state index contributed by atoms with van der Waals surface area (Å²) in [6, 6.07) is 2.57. The van der Waals surface area contributed by atoms with E-state index in [1.807, 2.05) is 0 Å². The van der Waals surface area contributed by atoms with Crippen LogP contribution >= 0.6 is 11.6 Å². The molecule has 136 valence electrons. The van der Waals surface area contributed by atoms with Crippen molar-refractivity contribution in [3.63, 3.8) is 0 Å². The molecule has 0 atom stereocenters. The Labute approximate surface area is 149 Å². The van der Waals surface area contributed by atoms with E-state index in [0.717, 1.165) is 6.26 Å². The number of hydrogen-bond donors (Lipinski definition) is 0. The lowest BCUT2D eigenvalue weighted by atomic mass is 10.2. The molecule has 0 aliphatic carbocycles. The summed E-state index contributed by atoms with van der Waals surface area (Å²) >= 11 is 6.21. The molecule has 0 radical (unpaired) electrons. The van der Waals surface area contributed by atoms with Gasteiger partial charge >= 0.3 is 5.97 Å². The molecule has 0 aliphatic heterocycles. The number of carbonyl (C=O) groups excluding carboxylic acids is 1. The first-order valence-corrected chi connectivity index (χ1v) is 9.58. The molecule has 0 saturated carbocycles. The number of halogens is 1. The minimum Gasteiger partial charge on any atom is -0.489 e. The minimum atomic E-state index is -3.61. The quantitative estimate of drug-likeness (QED) is 0.652. The van der Waals surface area contributed by atoms with Crippen molar-refractivity contribution in [1.82, 2.24) is 20.2 Å². The number of aryl methyl sites for hydroxylation is 1. The predicted molar refractivity (Wildman–Crippen MR) is 88.6 cm³/mol. The van der Waals surface area contributed by atoms with Crippen molar-refractivity contribution < 1.29 is 22.7 Å². The largest absolute Gasteiger partial charge is 0.489 e. The third kappa shape index (κ3) is 4.45. The second-order valence-corrected chi connectivity index (χ2v) is 7.41. The van der Waals surface area contributed by atoms with E-state index in [4.69, 9.17) is 21.1 Å². The molecule has 0 aliphatic rings. The fourth-order valence-corrected chi connectivity index (χ4v) is 3.19. The lowest BCUT2D eigenvalue weighted by Crippen LogP contribution is -2.14. The average molecular weight is 389 g/mol. The monoisotopic (exact) mass is 388 g/mol. The first-order chi connectivity index (χ1) is 11.8. The first kappa shape index (κ1) is 19.1. The van der Waals surface area contributed by atoms with Gasteiger partial charge in [-0.15, -0.1) is 5.10 Å². The molecular formula is C14H17ClN4O5S. The van der Waals surface area contributed by atoms with Crippen molar-refractivity contribution in [1.29, 1.82) is 0 Å². The molecule has 0 amide bonds. The summed E-state index contributed by atoms with van der Waals surface area (Å²) < 4.78 is 35.9. The zero-order chi connectivity index (χ0) is 18.6. The minimum absolute atomic E-state index is 0.0320. The number of nitrogens with zero attached hydrogens (tertiary/aromatic N) is 4. The third-order valence-electron chi connectivity index (χ3n) is 3.22. The van der Waals surface area contributed by atoms with Crippen LogP contribution in [-0.2, 0) is 21.1 Å². The molecule has 2 aromatic rings. The Hall–Kier alpha value is -2.20. The Kier molecular flexibility index (Phi) is 5.96. The average Bonchev–Trinajstić information content (AvgIpc) is 2.93. The normalized spacial score (nSPS) is 11.4. The lowest BCUT2D eigenvalue weighted by molar-refractivity contribution is 0.0526. The van der Waals surface area contributed by atoms with Gasteiger partial charge in [0.25, 0.3) is 0 Å². The molecule has 0 unspecified atom stereocenters. The number of hydrogen-bond acceptors (Lipinski definition) is 8. The maximum atomic E-state index is 12.0. The Balaban J connectivity index is 2.33. The smallest absolute Gasteiger partial charge is 0.339 e. The Morgan fingerprint density at radius 1 is 1.36 bits per heavy atom. The molecule has 0 spiro atoms. The van der Waals surface area contributed by atoms with Crippen LogP contribution in [0.3, 0.4) is 0 Å². The van der Waals surface area contributed by atoms with Gasteiger partial charge in [0.05, 0.1) is 23.7 Å². The summed E-state index contributed by atoms with van der Waals surface area (Å²) in [6.45, 7) is 3.87. The molecule has 0 fully saturated rings. The van der Waals surface area contributed by atoms with Crippen molar-refractivity contribution >= 4 is 27.4 Å². The summed E-state index contributed by atoms with van der Waals surface area (Å²) in [6.07, 6.45) is 1.03. The van der Waals surface area contributed by atoms with Crippen LogP contribution in [-0.4, -0.2) is 54.1 Å². The van der Waals surface area contributed by atoms with Crippen molar-refractivity contribution in [2.45, 2.75) is 25.3 Å². The van der Waals surface area contributed by atoms with Crippen LogP contribution in [0.1, 0.15) is 23.1 Å². The number of rotatable bonds is 7. The van der Waals surface area contributed by atoms with Gasteiger partial charge in [0.1, 0.15) is 17.3 Å². The van der Waals surface area contributed by atoms with Gasteiger partial charge in [0.2, 0.25) is 0 Å². The molecule has 9 nitrogen and oxygen atoms in total. The van der Waals surface area contributed by atoms with Crippen LogP contribution in [0.15, 0.2) is 17.0 Å². The van der Waals surface area contributed by atoms with Gasteiger partial charge in [-0.05, 0) is 36.4 Å². The van der Waals surface area contributed by atoms with E-state index < -0.39 is 15.8 Å². The van der Waals surface area contributed by atoms with Crippen molar-refractivity contribution in [3.8, 4) is 5.75 Å². The van der Waals surface area contributed by atoms with Crippen LogP contribution in [0.2, 0.25) is 5.02 Å². The van der Waals surface area contributed by atoms with E-state index in [-0.39, 0.29) is 41.0 Å². The number of ether oxygens (including phenoxy) is 2. The van der Waals surface area contributed by atoms with E-state index in [1.165, 1.54) is 16.8 Å². The summed E-state index contributed by atoms with van der Waals surface area (Å²) in [5, 5.41) is 10.9. The van der Waals surface area contributed by atoms with E-state index in [0.29, 0.717) is 5.82 Å². The highest BCUT2D eigenvalue weighted by Gasteiger charge is 2.23. The second-order valence-electron chi connectivity index (χ2n) is 5.04. The number of carbonyl (C=O) groups is 1. The summed E-state index contributed by atoms with van der Waals surface area (Å²) in [5.74, 6) is -0.174. The SMILES string of the molecule is CCOC(=O)c1ccc(S(C)(=O)=O)c(OCCn2nnnc2C)c1Cl. The van der Waals surface area contributed by atoms with Gasteiger partial charge in [-0.25, -0.2) is 17.9 Å². The molecule has 0 saturated heterocycles. The number of aromatic nitrogens is 4. The Morgan fingerprint density at radius 3 is 2.64 bits per heavy atom. The predicted octanol–water partition coefficient (Wildman–Crippen LogP) is 1.29. The van der Waals surface area contributed by atoms with Crippen molar-refractivity contribution in [3.05, 3.63) is 28.5 Å². The van der Waals surface area contributed by atoms with Gasteiger partial charge in [-0.3, -0.25) is 0 Å². The third-order valence-corrected chi connectivity index (χ3v) is 4.71. The van der Waals surface area contributed by atoms with Gasteiger partial charge < -0.3 is 9.47 Å². The molecule has 0 N–H and O–H groups in total. The van der Waals surface area contributed by atoms with Crippen LogP contribution in [0.25, 0.3) is 0 Å². The van der Waals surface area contributed by atoms with Crippen molar-refractivity contribution in [2.24, 2.45) is 0 Å². The van der Waals surface area contributed by atoms with Crippen LogP contribution in [0.5, 0.6) is 5.75 Å². The van der Waals surface area contributed by atoms with E-state index >= 15 is 0 Å². The number of tetrazole rings is 1. The van der Waals surface area contributed by atoms with E-state index in [2.05, 4.69) is 15.5 Å². The van der Waals surface area contributed by atoms with Crippen LogP contribution in [0.4, 0.5) is 0 Å².